The molecule has 0 aliphatic heterocycles. The molecule has 0 radical (unpaired) electrons. The van der Waals surface area contributed by atoms with E-state index >= 15 is 0 Å². The average Bonchev–Trinajstić information content (AvgIpc) is 2.04. The highest BCUT2D eigenvalue weighted by molar-refractivity contribution is 5.80. The molecule has 0 unspecified atom stereocenters. The summed E-state index contributed by atoms with van der Waals surface area (Å²) in [6.07, 6.45) is 2.84. The first-order valence-corrected chi connectivity index (χ1v) is 3.42. The van der Waals surface area contributed by atoms with Crippen LogP contribution in [0.2, 0.25) is 0 Å². The van der Waals surface area contributed by atoms with Gasteiger partial charge in [-0.05, 0) is 11.5 Å². The van der Waals surface area contributed by atoms with E-state index in [9.17, 15) is 4.48 Å². The zero-order chi connectivity index (χ0) is 7.68. The van der Waals surface area contributed by atoms with Crippen LogP contribution >= 0.6 is 0 Å². The van der Waals surface area contributed by atoms with E-state index in [-0.39, 0.29) is 0 Å². The highest BCUT2D eigenvalue weighted by Gasteiger charge is 1.99. The first-order chi connectivity index (χ1) is 5.36. The van der Waals surface area contributed by atoms with Gasteiger partial charge < -0.3 is 0 Å². The number of aromatic nitrogens is 1. The van der Waals surface area contributed by atoms with Crippen LogP contribution in [0.25, 0.3) is 10.8 Å². The van der Waals surface area contributed by atoms with Crippen LogP contribution in [0.1, 0.15) is 0 Å². The quantitative estimate of drug-likeness (QED) is 0.537. The van der Waals surface area contributed by atoms with Crippen molar-refractivity contribution in [2.45, 2.75) is 0 Å². The van der Waals surface area contributed by atoms with Crippen molar-refractivity contribution < 1.29 is 9.27 Å². The van der Waals surface area contributed by atoms with Gasteiger partial charge in [-0.1, -0.05) is 18.2 Å². The van der Waals surface area contributed by atoms with Gasteiger partial charge in [-0.25, -0.2) is 0 Å². The molecule has 54 valence electrons. The van der Waals surface area contributed by atoms with Gasteiger partial charge in [0.15, 0.2) is 0 Å². The highest BCUT2D eigenvalue weighted by atomic mass is 19.2. The van der Waals surface area contributed by atoms with E-state index in [2.05, 4.69) is 0 Å². The summed E-state index contributed by atoms with van der Waals surface area (Å²) < 4.78 is 12.6. The summed E-state index contributed by atoms with van der Waals surface area (Å²) >= 11 is 0. The second-order valence-corrected chi connectivity index (χ2v) is 2.42. The minimum atomic E-state index is 0.558. The summed E-state index contributed by atoms with van der Waals surface area (Å²) in [7, 11) is 0. The summed E-state index contributed by atoms with van der Waals surface area (Å²) in [6.45, 7) is 0. The highest BCUT2D eigenvalue weighted by Crippen LogP contribution is 2.09. The lowest BCUT2D eigenvalue weighted by Gasteiger charge is -1.89. The summed E-state index contributed by atoms with van der Waals surface area (Å²) in [5.41, 5.74) is 0. The summed E-state index contributed by atoms with van der Waals surface area (Å²) in [6, 6.07) is 9.41. The van der Waals surface area contributed by atoms with E-state index in [0.29, 0.717) is 4.79 Å². The molecule has 0 aliphatic rings. The maximum absolute atomic E-state index is 12.6. The van der Waals surface area contributed by atoms with Crippen LogP contribution in [0.5, 0.6) is 0 Å². The Morgan fingerprint density at radius 2 is 1.73 bits per heavy atom. The Kier molecular flexibility index (Phi) is 1.32. The third-order valence-electron chi connectivity index (χ3n) is 1.65. The second kappa shape index (κ2) is 2.31. The lowest BCUT2D eigenvalue weighted by atomic mass is 10.2. The van der Waals surface area contributed by atoms with Crippen molar-refractivity contribution in [3.63, 3.8) is 0 Å². The number of fused-ring (bicyclic) bond motifs is 1. The Balaban J connectivity index is 2.83. The van der Waals surface area contributed by atoms with Crippen LogP contribution in [0.4, 0.5) is 4.48 Å². The summed E-state index contributed by atoms with van der Waals surface area (Å²) in [5, 5.41) is 1.97. The van der Waals surface area contributed by atoms with Gasteiger partial charge in [0, 0.05) is 10.9 Å². The van der Waals surface area contributed by atoms with Crippen molar-refractivity contribution >= 4 is 10.8 Å². The van der Waals surface area contributed by atoms with Crippen LogP contribution in [-0.4, -0.2) is 0 Å². The Bertz CT molecular complexity index is 384. The number of benzene rings is 1. The molecule has 1 nitrogen and oxygen atoms in total. The minimum absolute atomic E-state index is 0.558. The van der Waals surface area contributed by atoms with Gasteiger partial charge in [-0.15, -0.1) is 0 Å². The van der Waals surface area contributed by atoms with Crippen LogP contribution in [0.15, 0.2) is 42.7 Å². The van der Waals surface area contributed by atoms with Crippen LogP contribution in [0, 0.1) is 0 Å². The van der Waals surface area contributed by atoms with E-state index in [1.807, 2.05) is 24.3 Å². The van der Waals surface area contributed by atoms with Crippen LogP contribution in [-0.2, 0) is 0 Å². The molecule has 0 aliphatic carbocycles. The SMILES string of the molecule is F[n+]1ccc2ccccc2c1. The molecular weight excluding hydrogens is 141 g/mol. The van der Waals surface area contributed by atoms with Gasteiger partial charge in [-0.3, -0.25) is 0 Å². The molecule has 1 heterocycles. The molecule has 2 heteroatoms. The number of hydrogen-bond donors (Lipinski definition) is 0. The van der Waals surface area contributed by atoms with Crippen molar-refractivity contribution in [2.75, 3.05) is 0 Å². The van der Waals surface area contributed by atoms with Crippen molar-refractivity contribution in [3.8, 4) is 0 Å². The molecule has 0 bridgehead atoms. The fourth-order valence-corrected chi connectivity index (χ4v) is 1.11. The topological polar surface area (TPSA) is 3.88 Å². The number of rotatable bonds is 0. The standard InChI is InChI=1S/C9H7FN/c10-11-6-5-8-3-1-2-4-9(8)7-11/h1-7H/q+1. The molecule has 2 rings (SSSR count). The normalized spacial score (nSPS) is 10.3. The van der Waals surface area contributed by atoms with Gasteiger partial charge in [0.25, 0.3) is 0 Å². The predicted molar refractivity (Wildman–Crippen MR) is 40.6 cm³/mol. The Morgan fingerprint density at radius 1 is 1.00 bits per heavy atom. The van der Waals surface area contributed by atoms with Crippen LogP contribution < -0.4 is 4.79 Å². The molecule has 0 saturated heterocycles. The lowest BCUT2D eigenvalue weighted by molar-refractivity contribution is -0.842. The van der Waals surface area contributed by atoms with Gasteiger partial charge >= 0.3 is 0 Å². The number of pyridine rings is 1. The second-order valence-electron chi connectivity index (χ2n) is 2.42. The maximum atomic E-state index is 12.6. The van der Waals surface area contributed by atoms with E-state index in [4.69, 9.17) is 0 Å². The molecular formula is C9H7FN+. The summed E-state index contributed by atoms with van der Waals surface area (Å²) in [4.78, 5) is 0.558. The fourth-order valence-electron chi connectivity index (χ4n) is 1.11. The predicted octanol–water partition coefficient (Wildman–Crippen LogP) is 1.86. The van der Waals surface area contributed by atoms with Crippen molar-refractivity contribution in [1.29, 1.82) is 0 Å². The van der Waals surface area contributed by atoms with Gasteiger partial charge in [-0.2, -0.15) is 0 Å². The maximum Gasteiger partial charge on any atom is 0.226 e. The first-order valence-electron chi connectivity index (χ1n) is 3.42. The molecule has 2 aromatic rings. The molecule has 11 heavy (non-hydrogen) atoms. The van der Waals surface area contributed by atoms with Gasteiger partial charge in [0.2, 0.25) is 12.4 Å². The van der Waals surface area contributed by atoms with Gasteiger partial charge in [0.1, 0.15) is 0 Å². The average molecular weight is 148 g/mol. The zero-order valence-electron chi connectivity index (χ0n) is 5.87. The molecule has 1 aromatic heterocycles. The smallest absolute Gasteiger partial charge is 0.0616 e. The Hall–Kier alpha value is -1.44. The third kappa shape index (κ3) is 1.07. The molecule has 0 amide bonds. The third-order valence-corrected chi connectivity index (χ3v) is 1.65. The first kappa shape index (κ1) is 6.28. The molecule has 0 spiro atoms. The molecule has 0 N–H and O–H groups in total. The largest absolute Gasteiger partial charge is 0.226 e. The zero-order valence-corrected chi connectivity index (χ0v) is 5.87. The van der Waals surface area contributed by atoms with Crippen molar-refractivity contribution in [1.82, 2.24) is 0 Å². The molecule has 1 aromatic carbocycles. The van der Waals surface area contributed by atoms with Gasteiger partial charge in [0.05, 0.1) is 9.87 Å². The van der Waals surface area contributed by atoms with E-state index in [1.165, 1.54) is 12.4 Å². The molecule has 0 saturated carbocycles. The number of hydrogen-bond acceptors (Lipinski definition) is 0. The monoisotopic (exact) mass is 148 g/mol. The minimum Gasteiger partial charge on any atom is -0.0616 e. The molecule has 0 atom stereocenters. The number of halogens is 1. The van der Waals surface area contributed by atoms with E-state index in [1.54, 1.807) is 6.07 Å². The Morgan fingerprint density at radius 3 is 2.55 bits per heavy atom. The Labute approximate surface area is 63.6 Å². The fraction of sp³-hybridized carbons (Fsp3) is 0. The van der Waals surface area contributed by atoms with E-state index in [0.717, 1.165) is 10.8 Å². The lowest BCUT2D eigenvalue weighted by Crippen LogP contribution is -2.19. The van der Waals surface area contributed by atoms with Crippen molar-refractivity contribution in [3.05, 3.63) is 42.7 Å². The van der Waals surface area contributed by atoms with E-state index < -0.39 is 0 Å². The molecule has 0 fully saturated rings. The number of nitrogens with zero attached hydrogens (tertiary/aromatic N) is 1. The van der Waals surface area contributed by atoms with Crippen molar-refractivity contribution in [2.24, 2.45) is 0 Å². The summed E-state index contributed by atoms with van der Waals surface area (Å²) in [5.74, 6) is 0. The van der Waals surface area contributed by atoms with Crippen LogP contribution in [0.3, 0.4) is 0 Å².